The maximum absolute atomic E-state index is 12.8. The van der Waals surface area contributed by atoms with E-state index in [-0.39, 0.29) is 42.0 Å². The molecule has 4 aliphatic carbocycles. The minimum absolute atomic E-state index is 0.133. The van der Waals surface area contributed by atoms with E-state index in [1.54, 1.807) is 18.2 Å². The van der Waals surface area contributed by atoms with Crippen molar-refractivity contribution in [2.24, 2.45) is 0 Å². The predicted octanol–water partition coefficient (Wildman–Crippen LogP) is 3.68. The van der Waals surface area contributed by atoms with Gasteiger partial charge in [0.05, 0.1) is 17.6 Å². The van der Waals surface area contributed by atoms with Gasteiger partial charge in [-0.2, -0.15) is 4.98 Å². The molecule has 2 heterocycles. The van der Waals surface area contributed by atoms with E-state index in [4.69, 9.17) is 20.9 Å². The predicted molar refractivity (Wildman–Crippen MR) is 109 cm³/mol. The number of aliphatic hydroxyl groups excluding tert-OH is 1. The first-order valence-corrected chi connectivity index (χ1v) is 11.5. The lowest BCUT2D eigenvalue weighted by molar-refractivity contribution is -0.352. The van der Waals surface area contributed by atoms with Crippen LogP contribution >= 0.6 is 11.6 Å². The second-order valence-corrected chi connectivity index (χ2v) is 10.4. The van der Waals surface area contributed by atoms with Crippen LogP contribution in [0.3, 0.4) is 0 Å². The molecule has 4 saturated carbocycles. The molecule has 1 aliphatic heterocycles. The first kappa shape index (κ1) is 22.1. The molecule has 8 nitrogen and oxygen atoms in total. The van der Waals surface area contributed by atoms with Crippen LogP contribution in [0.5, 0.6) is 5.75 Å². The molecule has 0 saturated heterocycles. The number of carbonyl (C=O) groups is 1. The molecule has 182 valence electrons. The molecule has 1 aromatic heterocycles. The summed E-state index contributed by atoms with van der Waals surface area (Å²) in [4.78, 5) is 17.3. The van der Waals surface area contributed by atoms with Crippen LogP contribution in [0.15, 0.2) is 22.7 Å². The number of carbonyl (C=O) groups excluding carboxylic acids is 1. The van der Waals surface area contributed by atoms with Crippen LogP contribution in [0.2, 0.25) is 5.02 Å². The highest BCUT2D eigenvalue weighted by atomic mass is 35.5. The van der Waals surface area contributed by atoms with Crippen molar-refractivity contribution in [2.75, 3.05) is 0 Å². The maximum Gasteiger partial charge on any atom is 0.522 e. The fourth-order valence-corrected chi connectivity index (χ4v) is 5.93. The molecule has 1 amide bonds. The summed E-state index contributed by atoms with van der Waals surface area (Å²) in [5.41, 5.74) is -0.112. The normalized spacial score (nSPS) is 35.8. The van der Waals surface area contributed by atoms with Gasteiger partial charge in [-0.15, -0.1) is 13.2 Å². The fraction of sp³-hybridized carbons (Fsp3) is 0.591. The summed E-state index contributed by atoms with van der Waals surface area (Å²) in [6, 6.07) is 4.92. The molecule has 0 unspecified atom stereocenters. The number of amides is 1. The number of alkyl halides is 3. The van der Waals surface area contributed by atoms with Gasteiger partial charge in [0.2, 0.25) is 5.89 Å². The zero-order chi connectivity index (χ0) is 23.9. The number of halogens is 4. The minimum Gasteiger partial charge on any atom is -0.480 e. The van der Waals surface area contributed by atoms with Gasteiger partial charge in [-0.1, -0.05) is 16.8 Å². The number of benzene rings is 1. The highest BCUT2D eigenvalue weighted by molar-refractivity contribution is 6.30. The van der Waals surface area contributed by atoms with Crippen LogP contribution in [-0.2, 0) is 14.9 Å². The van der Waals surface area contributed by atoms with Crippen molar-refractivity contribution >= 4 is 17.5 Å². The van der Waals surface area contributed by atoms with Gasteiger partial charge in [0.25, 0.3) is 5.91 Å². The lowest BCUT2D eigenvalue weighted by Crippen LogP contribution is -2.77. The molecule has 34 heavy (non-hydrogen) atoms. The Kier molecular flexibility index (Phi) is 4.76. The number of rotatable bonds is 5. The van der Waals surface area contributed by atoms with Crippen molar-refractivity contribution in [1.29, 1.82) is 0 Å². The van der Waals surface area contributed by atoms with E-state index in [1.165, 1.54) is 0 Å². The summed E-state index contributed by atoms with van der Waals surface area (Å²) in [7, 11) is 0. The molecule has 2 N–H and O–H groups in total. The second-order valence-electron chi connectivity index (χ2n) is 9.93. The molecule has 2 aromatic rings. The Morgan fingerprint density at radius 3 is 2.68 bits per heavy atom. The number of hydrogen-bond acceptors (Lipinski definition) is 7. The van der Waals surface area contributed by atoms with Crippen molar-refractivity contribution in [3.05, 3.63) is 40.5 Å². The molecule has 2 bridgehead atoms. The maximum atomic E-state index is 12.8. The molecule has 7 rings (SSSR count). The van der Waals surface area contributed by atoms with Gasteiger partial charge >= 0.3 is 6.36 Å². The fourth-order valence-electron chi connectivity index (χ4n) is 5.75. The molecule has 2 atom stereocenters. The van der Waals surface area contributed by atoms with Gasteiger partial charge in [0, 0.05) is 28.5 Å². The van der Waals surface area contributed by atoms with Crippen molar-refractivity contribution in [2.45, 2.75) is 80.1 Å². The number of fused-ring (bicyclic) bond motifs is 1. The Morgan fingerprint density at radius 2 is 1.97 bits per heavy atom. The summed E-state index contributed by atoms with van der Waals surface area (Å²) < 4.78 is 52.1. The van der Waals surface area contributed by atoms with Crippen molar-refractivity contribution in [1.82, 2.24) is 15.5 Å². The Bertz CT molecular complexity index is 1130. The molecule has 1 aromatic carbocycles. The van der Waals surface area contributed by atoms with Crippen LogP contribution in [0.4, 0.5) is 13.2 Å². The summed E-state index contributed by atoms with van der Waals surface area (Å²) in [5.74, 6) is 0.814. The molecule has 0 spiro atoms. The Labute approximate surface area is 196 Å². The zero-order valence-corrected chi connectivity index (χ0v) is 18.5. The van der Waals surface area contributed by atoms with Crippen molar-refractivity contribution < 1.29 is 37.1 Å². The van der Waals surface area contributed by atoms with E-state index in [9.17, 15) is 23.1 Å². The topological polar surface area (TPSA) is 107 Å². The zero-order valence-electron chi connectivity index (χ0n) is 17.8. The standard InChI is InChI=1S/C22H21ClF3N3O5/c23-11-1-2-15-13(5-11)14(30)6-16(32-15)18(31)28-21-7-20(8-21,9-21)19-27-17(29-34-19)10-3-12(4-10)33-22(24,25)26/h1-2,5,10,12,14,16,30H,3-4,6-9H2,(H,28,31)/t10-,12+,14-,16-,20?,21?/m0/s1. The SMILES string of the molecule is O=C(NC12CC(c3nc([C@H]4C[C@@H](OC(F)(F)F)C4)no3)(C1)C2)[C@@H]1C[C@H](O)c2cc(Cl)ccc2O1. The average molecular weight is 500 g/mol. The van der Waals surface area contributed by atoms with Gasteiger partial charge in [0.1, 0.15) is 5.75 Å². The van der Waals surface area contributed by atoms with Crippen LogP contribution < -0.4 is 10.1 Å². The van der Waals surface area contributed by atoms with Gasteiger partial charge in [-0.25, -0.2) is 0 Å². The number of nitrogens with zero attached hydrogens (tertiary/aromatic N) is 2. The third-order valence-corrected chi connectivity index (χ3v) is 7.64. The van der Waals surface area contributed by atoms with Crippen LogP contribution in [0, 0.1) is 0 Å². The van der Waals surface area contributed by atoms with Crippen molar-refractivity contribution in [3.63, 3.8) is 0 Å². The molecule has 0 radical (unpaired) electrons. The molecule has 12 heteroatoms. The Balaban J connectivity index is 1.03. The van der Waals surface area contributed by atoms with Gasteiger partial charge in [-0.3, -0.25) is 9.53 Å². The number of aliphatic hydroxyl groups is 1. The van der Waals surface area contributed by atoms with E-state index in [1.807, 2.05) is 0 Å². The summed E-state index contributed by atoms with van der Waals surface area (Å²) in [5, 5.41) is 17.9. The lowest BCUT2D eigenvalue weighted by atomic mass is 9.39. The molecule has 4 fully saturated rings. The smallest absolute Gasteiger partial charge is 0.480 e. The largest absolute Gasteiger partial charge is 0.522 e. The van der Waals surface area contributed by atoms with Crippen LogP contribution in [0.25, 0.3) is 0 Å². The van der Waals surface area contributed by atoms with Crippen molar-refractivity contribution in [3.8, 4) is 5.75 Å². The van der Waals surface area contributed by atoms with E-state index < -0.39 is 24.7 Å². The average Bonchev–Trinajstić information content (AvgIpc) is 3.14. The third kappa shape index (κ3) is 3.64. The molecular weight excluding hydrogens is 479 g/mol. The second kappa shape index (κ2) is 7.32. The summed E-state index contributed by atoms with van der Waals surface area (Å²) in [6.07, 6.45) is -4.71. The highest BCUT2D eigenvalue weighted by Crippen LogP contribution is 2.67. The van der Waals surface area contributed by atoms with E-state index in [2.05, 4.69) is 20.2 Å². The first-order valence-electron chi connectivity index (χ1n) is 11.1. The monoisotopic (exact) mass is 499 g/mol. The summed E-state index contributed by atoms with van der Waals surface area (Å²) >= 11 is 5.97. The molecular formula is C22H21ClF3N3O5. The number of aromatic nitrogens is 2. The lowest BCUT2D eigenvalue weighted by Gasteiger charge is -2.68. The van der Waals surface area contributed by atoms with Gasteiger partial charge in [0.15, 0.2) is 11.9 Å². The van der Waals surface area contributed by atoms with E-state index >= 15 is 0 Å². The summed E-state index contributed by atoms with van der Waals surface area (Å²) in [6.45, 7) is 0. The quantitative estimate of drug-likeness (QED) is 0.646. The van der Waals surface area contributed by atoms with E-state index in [0.717, 1.165) is 0 Å². The minimum atomic E-state index is -4.64. The Morgan fingerprint density at radius 1 is 1.24 bits per heavy atom. The van der Waals surface area contributed by atoms with Crippen LogP contribution in [0.1, 0.15) is 67.8 Å². The highest BCUT2D eigenvalue weighted by Gasteiger charge is 2.72. The number of ether oxygens (including phenoxy) is 2. The number of nitrogens with one attached hydrogen (secondary N) is 1. The van der Waals surface area contributed by atoms with Crippen LogP contribution in [-0.4, -0.2) is 45.3 Å². The third-order valence-electron chi connectivity index (χ3n) is 7.40. The molecule has 5 aliphatic rings. The Hall–Kier alpha value is -2.37. The first-order chi connectivity index (χ1) is 16.0. The van der Waals surface area contributed by atoms with Gasteiger partial charge in [-0.05, 0) is 50.3 Å². The van der Waals surface area contributed by atoms with Gasteiger partial charge < -0.3 is 19.7 Å². The number of hydrogen-bond donors (Lipinski definition) is 2. The van der Waals surface area contributed by atoms with E-state index in [0.29, 0.717) is 47.3 Å².